The quantitative estimate of drug-likeness (QED) is 0.803. The first kappa shape index (κ1) is 19.6. The molecule has 0 aromatic heterocycles. The Morgan fingerprint density at radius 2 is 1.79 bits per heavy atom. The molecule has 1 fully saturated rings. The molecular formula is C23H24ClN3O2. The Morgan fingerprint density at radius 3 is 2.48 bits per heavy atom. The van der Waals surface area contributed by atoms with E-state index in [1.54, 1.807) is 17.0 Å². The summed E-state index contributed by atoms with van der Waals surface area (Å²) < 4.78 is 0. The van der Waals surface area contributed by atoms with Gasteiger partial charge >= 0.3 is 0 Å². The van der Waals surface area contributed by atoms with Gasteiger partial charge in [0.1, 0.15) is 17.9 Å². The van der Waals surface area contributed by atoms with E-state index in [0.717, 1.165) is 48.9 Å². The molecule has 0 radical (unpaired) electrons. The van der Waals surface area contributed by atoms with Crippen LogP contribution in [0.15, 0.2) is 53.5 Å². The van der Waals surface area contributed by atoms with Crippen LogP contribution in [0.1, 0.15) is 43.2 Å². The van der Waals surface area contributed by atoms with Crippen molar-refractivity contribution in [2.75, 3.05) is 11.9 Å². The van der Waals surface area contributed by atoms with Crippen molar-refractivity contribution in [3.05, 3.63) is 64.7 Å². The predicted molar refractivity (Wildman–Crippen MR) is 115 cm³/mol. The summed E-state index contributed by atoms with van der Waals surface area (Å²) >= 11 is 6.00. The third kappa shape index (κ3) is 3.92. The van der Waals surface area contributed by atoms with E-state index in [4.69, 9.17) is 16.6 Å². The number of aliphatic imine (C=N–C) groups is 1. The van der Waals surface area contributed by atoms with Crippen LogP contribution in [-0.2, 0) is 9.59 Å². The molecule has 1 heterocycles. The van der Waals surface area contributed by atoms with Gasteiger partial charge in [-0.1, -0.05) is 48.4 Å². The molecule has 4 rings (SSSR count). The van der Waals surface area contributed by atoms with Gasteiger partial charge in [0.15, 0.2) is 0 Å². The lowest BCUT2D eigenvalue weighted by Crippen LogP contribution is -2.51. The first-order valence-corrected chi connectivity index (χ1v) is 10.4. The van der Waals surface area contributed by atoms with Gasteiger partial charge in [0.05, 0.1) is 0 Å². The minimum atomic E-state index is -0.618. The summed E-state index contributed by atoms with van der Waals surface area (Å²) in [7, 11) is 0. The molecule has 0 saturated heterocycles. The van der Waals surface area contributed by atoms with Gasteiger partial charge < -0.3 is 10.2 Å². The highest BCUT2D eigenvalue weighted by Crippen LogP contribution is 2.39. The minimum absolute atomic E-state index is 0.00619. The number of carbonyl (C=O) groups is 2. The second-order valence-electron chi connectivity index (χ2n) is 7.76. The van der Waals surface area contributed by atoms with Gasteiger partial charge in [-0.25, -0.2) is 0 Å². The highest BCUT2D eigenvalue weighted by molar-refractivity contribution is 6.47. The maximum Gasteiger partial charge on any atom is 0.275 e. The topological polar surface area (TPSA) is 61.8 Å². The summed E-state index contributed by atoms with van der Waals surface area (Å²) in [5.74, 6) is -0.390. The fourth-order valence-corrected chi connectivity index (χ4v) is 4.32. The monoisotopic (exact) mass is 409 g/mol. The zero-order valence-corrected chi connectivity index (χ0v) is 17.2. The van der Waals surface area contributed by atoms with Gasteiger partial charge in [-0.05, 0) is 56.4 Å². The molecule has 150 valence electrons. The number of halogens is 1. The normalized spacial score (nSPS) is 18.1. The molecule has 0 unspecified atom stereocenters. The summed E-state index contributed by atoms with van der Waals surface area (Å²) in [6, 6.07) is 14.8. The molecule has 0 bridgehead atoms. The number of aryl methyl sites for hydroxylation is 1. The molecule has 2 aromatic carbocycles. The average Bonchev–Trinajstić information content (AvgIpc) is 2.97. The Labute approximate surface area is 175 Å². The number of carbonyl (C=O) groups excluding carboxylic acids is 2. The number of nitrogens with one attached hydrogen (secondary N) is 1. The molecule has 29 heavy (non-hydrogen) atoms. The van der Waals surface area contributed by atoms with E-state index < -0.39 is 5.66 Å². The van der Waals surface area contributed by atoms with E-state index in [0.29, 0.717) is 10.7 Å². The van der Waals surface area contributed by atoms with Gasteiger partial charge in [0.2, 0.25) is 5.91 Å². The summed E-state index contributed by atoms with van der Waals surface area (Å²) in [5.41, 5.74) is 2.30. The Bertz CT molecular complexity index is 962. The van der Waals surface area contributed by atoms with Crippen LogP contribution in [0.5, 0.6) is 0 Å². The molecule has 0 atom stereocenters. The molecule has 2 aromatic rings. The van der Waals surface area contributed by atoms with Crippen molar-refractivity contribution in [1.82, 2.24) is 4.90 Å². The molecule has 2 aliphatic rings. The number of hydrogen-bond acceptors (Lipinski definition) is 3. The molecule has 6 heteroatoms. The number of hydrogen-bond donors (Lipinski definition) is 1. The van der Waals surface area contributed by atoms with Crippen molar-refractivity contribution in [1.29, 1.82) is 0 Å². The van der Waals surface area contributed by atoms with E-state index >= 15 is 0 Å². The van der Waals surface area contributed by atoms with Crippen LogP contribution < -0.4 is 5.32 Å². The van der Waals surface area contributed by atoms with Crippen molar-refractivity contribution in [2.45, 2.75) is 44.7 Å². The lowest BCUT2D eigenvalue weighted by molar-refractivity contribution is -0.134. The first-order chi connectivity index (χ1) is 14.0. The van der Waals surface area contributed by atoms with Crippen molar-refractivity contribution in [3.8, 4) is 0 Å². The Morgan fingerprint density at radius 1 is 1.10 bits per heavy atom. The molecule has 1 spiro atoms. The van der Waals surface area contributed by atoms with Gasteiger partial charge in [-0.15, -0.1) is 0 Å². The van der Waals surface area contributed by atoms with Crippen LogP contribution in [0, 0.1) is 6.92 Å². The largest absolute Gasteiger partial charge is 0.324 e. The molecule has 1 aliphatic heterocycles. The van der Waals surface area contributed by atoms with Crippen LogP contribution in [0.4, 0.5) is 5.69 Å². The van der Waals surface area contributed by atoms with Gasteiger partial charge in [-0.3, -0.25) is 14.6 Å². The number of anilines is 1. The van der Waals surface area contributed by atoms with Crippen molar-refractivity contribution in [3.63, 3.8) is 0 Å². The summed E-state index contributed by atoms with van der Waals surface area (Å²) in [4.78, 5) is 32.7. The van der Waals surface area contributed by atoms with Crippen LogP contribution in [0.3, 0.4) is 0 Å². The Hall–Kier alpha value is -2.66. The lowest BCUT2D eigenvalue weighted by Gasteiger charge is -2.38. The van der Waals surface area contributed by atoms with Crippen LogP contribution in [0.25, 0.3) is 0 Å². The van der Waals surface area contributed by atoms with E-state index in [9.17, 15) is 9.59 Å². The van der Waals surface area contributed by atoms with Crippen LogP contribution >= 0.6 is 11.6 Å². The summed E-state index contributed by atoms with van der Waals surface area (Å²) in [6.45, 7) is 1.94. The number of para-hydroxylation sites is 1. The Balaban J connectivity index is 1.59. The van der Waals surface area contributed by atoms with Crippen LogP contribution in [0.2, 0.25) is 5.02 Å². The van der Waals surface area contributed by atoms with E-state index in [1.165, 1.54) is 0 Å². The SMILES string of the molecule is Cc1ccccc1NC(=O)CN1C(=O)C(c2ccc(Cl)cc2)=NC12CCCCC2. The van der Waals surface area contributed by atoms with Gasteiger partial charge in [0, 0.05) is 16.3 Å². The predicted octanol–water partition coefficient (Wildman–Crippen LogP) is 4.58. The molecule has 1 saturated carbocycles. The van der Waals surface area contributed by atoms with E-state index in [2.05, 4.69) is 5.32 Å². The zero-order chi connectivity index (χ0) is 20.4. The van der Waals surface area contributed by atoms with E-state index in [1.807, 2.05) is 43.3 Å². The molecule has 2 amide bonds. The fraction of sp³-hybridized carbons (Fsp3) is 0.348. The van der Waals surface area contributed by atoms with Crippen molar-refractivity contribution < 1.29 is 9.59 Å². The second kappa shape index (κ2) is 7.99. The minimum Gasteiger partial charge on any atom is -0.324 e. The Kier molecular flexibility index (Phi) is 5.41. The number of amides is 2. The number of rotatable bonds is 4. The number of nitrogens with zero attached hydrogens (tertiary/aromatic N) is 2. The van der Waals surface area contributed by atoms with Crippen molar-refractivity contribution >= 4 is 34.8 Å². The molecule has 5 nitrogen and oxygen atoms in total. The smallest absolute Gasteiger partial charge is 0.275 e. The van der Waals surface area contributed by atoms with Crippen molar-refractivity contribution in [2.24, 2.45) is 4.99 Å². The highest BCUT2D eigenvalue weighted by Gasteiger charge is 2.48. The maximum absolute atomic E-state index is 13.3. The highest BCUT2D eigenvalue weighted by atomic mass is 35.5. The summed E-state index contributed by atoms with van der Waals surface area (Å²) in [5, 5.41) is 3.55. The first-order valence-electron chi connectivity index (χ1n) is 10.0. The number of benzene rings is 2. The lowest BCUT2D eigenvalue weighted by atomic mass is 9.88. The summed E-state index contributed by atoms with van der Waals surface area (Å²) in [6.07, 6.45) is 4.70. The van der Waals surface area contributed by atoms with Gasteiger partial charge in [-0.2, -0.15) is 0 Å². The van der Waals surface area contributed by atoms with Crippen LogP contribution in [-0.4, -0.2) is 34.6 Å². The van der Waals surface area contributed by atoms with E-state index in [-0.39, 0.29) is 18.4 Å². The molecule has 1 aliphatic carbocycles. The second-order valence-corrected chi connectivity index (χ2v) is 8.20. The standard InChI is InChI=1S/C23H24ClN3O2/c1-16-7-3-4-8-19(16)25-20(28)15-27-22(29)21(17-9-11-18(24)12-10-17)26-23(27)13-5-2-6-14-23/h3-4,7-12H,2,5-6,13-15H2,1H3,(H,25,28). The maximum atomic E-state index is 13.3. The zero-order valence-electron chi connectivity index (χ0n) is 16.5. The average molecular weight is 410 g/mol. The molecule has 1 N–H and O–H groups in total. The third-order valence-electron chi connectivity index (χ3n) is 5.76. The molecular weight excluding hydrogens is 386 g/mol. The van der Waals surface area contributed by atoms with Gasteiger partial charge in [0.25, 0.3) is 5.91 Å². The third-order valence-corrected chi connectivity index (χ3v) is 6.01. The fourth-order valence-electron chi connectivity index (χ4n) is 4.19.